The summed E-state index contributed by atoms with van der Waals surface area (Å²) in [5.74, 6) is -2.42. The lowest BCUT2D eigenvalue weighted by molar-refractivity contribution is -0.153. The third kappa shape index (κ3) is 5.31. The summed E-state index contributed by atoms with van der Waals surface area (Å²) in [6, 6.07) is 5.94. The SMILES string of the molecule is COc1ccnc(C(=O)C[C@H](C)C(=O)O[C@@H](C)[C@@H](C)c2ccc(F)cc2C)c1O. The van der Waals surface area contributed by atoms with Gasteiger partial charge in [0.15, 0.2) is 23.0 Å². The van der Waals surface area contributed by atoms with Crippen LogP contribution in [-0.4, -0.2) is 35.1 Å². The quantitative estimate of drug-likeness (QED) is 0.525. The lowest BCUT2D eigenvalue weighted by atomic mass is 9.92. The molecule has 6 nitrogen and oxygen atoms in total. The van der Waals surface area contributed by atoms with Crippen molar-refractivity contribution in [2.75, 3.05) is 7.11 Å². The van der Waals surface area contributed by atoms with Gasteiger partial charge in [0.05, 0.1) is 13.0 Å². The molecule has 0 radical (unpaired) electrons. The van der Waals surface area contributed by atoms with Gasteiger partial charge in [-0.3, -0.25) is 9.59 Å². The summed E-state index contributed by atoms with van der Waals surface area (Å²) in [4.78, 5) is 28.8. The molecule has 7 heteroatoms. The van der Waals surface area contributed by atoms with E-state index in [0.29, 0.717) is 0 Å². The van der Waals surface area contributed by atoms with E-state index in [1.165, 1.54) is 31.5 Å². The second-order valence-corrected chi connectivity index (χ2v) is 7.17. The fourth-order valence-corrected chi connectivity index (χ4v) is 3.07. The molecule has 1 aromatic carbocycles. The Balaban J connectivity index is 2.02. The number of methoxy groups -OCH3 is 1. The molecule has 29 heavy (non-hydrogen) atoms. The van der Waals surface area contributed by atoms with Gasteiger partial charge in [0, 0.05) is 24.6 Å². The summed E-state index contributed by atoms with van der Waals surface area (Å²) >= 11 is 0. The number of carbonyl (C=O) groups is 2. The van der Waals surface area contributed by atoms with E-state index >= 15 is 0 Å². The fourth-order valence-electron chi connectivity index (χ4n) is 3.07. The van der Waals surface area contributed by atoms with Crippen molar-refractivity contribution < 1.29 is 28.6 Å². The fraction of sp³-hybridized carbons (Fsp3) is 0.409. The molecule has 0 spiro atoms. The maximum atomic E-state index is 13.3. The number of hydrogen-bond acceptors (Lipinski definition) is 6. The van der Waals surface area contributed by atoms with E-state index < -0.39 is 23.8 Å². The number of aryl methyl sites for hydroxylation is 1. The molecule has 0 aliphatic rings. The van der Waals surface area contributed by atoms with Gasteiger partial charge in [-0.2, -0.15) is 0 Å². The number of pyridine rings is 1. The zero-order chi connectivity index (χ0) is 21.7. The van der Waals surface area contributed by atoms with Gasteiger partial charge in [-0.15, -0.1) is 0 Å². The lowest BCUT2D eigenvalue weighted by Crippen LogP contribution is -2.26. The monoisotopic (exact) mass is 403 g/mol. The predicted octanol–water partition coefficient (Wildman–Crippen LogP) is 4.19. The minimum absolute atomic E-state index is 0.135. The van der Waals surface area contributed by atoms with Crippen molar-refractivity contribution in [1.29, 1.82) is 0 Å². The van der Waals surface area contributed by atoms with Crippen LogP contribution in [0.15, 0.2) is 30.5 Å². The Labute approximate surface area is 169 Å². The average Bonchev–Trinajstić information content (AvgIpc) is 2.67. The second kappa shape index (κ2) is 9.49. The van der Waals surface area contributed by atoms with Crippen molar-refractivity contribution >= 4 is 11.8 Å². The number of rotatable bonds is 8. The van der Waals surface area contributed by atoms with Crippen molar-refractivity contribution in [3.63, 3.8) is 0 Å². The summed E-state index contributed by atoms with van der Waals surface area (Å²) in [5, 5.41) is 10.0. The van der Waals surface area contributed by atoms with Crippen LogP contribution in [0.4, 0.5) is 4.39 Å². The van der Waals surface area contributed by atoms with E-state index in [2.05, 4.69) is 4.98 Å². The number of ether oxygens (including phenoxy) is 2. The van der Waals surface area contributed by atoms with Gasteiger partial charge in [-0.25, -0.2) is 9.37 Å². The molecule has 0 amide bonds. The normalized spacial score (nSPS) is 14.0. The van der Waals surface area contributed by atoms with Crippen LogP contribution >= 0.6 is 0 Å². The molecule has 0 fully saturated rings. The molecule has 1 N–H and O–H groups in total. The molecule has 0 aliphatic heterocycles. The van der Waals surface area contributed by atoms with Crippen LogP contribution in [0, 0.1) is 18.7 Å². The number of ketones is 1. The number of carbonyl (C=O) groups excluding carboxylic acids is 2. The van der Waals surface area contributed by atoms with Crippen molar-refractivity contribution in [3.8, 4) is 11.5 Å². The second-order valence-electron chi connectivity index (χ2n) is 7.17. The zero-order valence-corrected chi connectivity index (χ0v) is 17.2. The van der Waals surface area contributed by atoms with E-state index in [-0.39, 0.29) is 35.3 Å². The highest BCUT2D eigenvalue weighted by molar-refractivity contribution is 5.99. The maximum absolute atomic E-state index is 13.3. The van der Waals surface area contributed by atoms with Crippen molar-refractivity contribution in [2.45, 2.75) is 46.1 Å². The molecule has 0 saturated carbocycles. The molecule has 0 saturated heterocycles. The Bertz CT molecular complexity index is 899. The van der Waals surface area contributed by atoms with Crippen LogP contribution in [0.1, 0.15) is 54.7 Å². The number of aromatic nitrogens is 1. The van der Waals surface area contributed by atoms with Gasteiger partial charge in [0.1, 0.15) is 11.9 Å². The van der Waals surface area contributed by atoms with Gasteiger partial charge in [-0.1, -0.05) is 19.9 Å². The molecule has 3 atom stereocenters. The van der Waals surface area contributed by atoms with E-state index in [4.69, 9.17) is 9.47 Å². The molecule has 2 aromatic rings. The first-order valence-corrected chi connectivity index (χ1v) is 9.37. The van der Waals surface area contributed by atoms with Gasteiger partial charge < -0.3 is 14.6 Å². The van der Waals surface area contributed by atoms with E-state index in [9.17, 15) is 19.1 Å². The smallest absolute Gasteiger partial charge is 0.309 e. The van der Waals surface area contributed by atoms with E-state index in [1.807, 2.05) is 6.92 Å². The van der Waals surface area contributed by atoms with Crippen LogP contribution < -0.4 is 4.74 Å². The van der Waals surface area contributed by atoms with Gasteiger partial charge >= 0.3 is 5.97 Å². The number of aromatic hydroxyl groups is 1. The summed E-state index contributed by atoms with van der Waals surface area (Å²) in [5.41, 5.74) is 1.52. The number of hydrogen-bond donors (Lipinski definition) is 1. The standard InChI is InChI=1S/C22H26FNO5/c1-12-10-16(23)6-7-17(12)14(3)15(4)29-22(27)13(2)11-18(25)20-21(26)19(28-5)8-9-24-20/h6-10,13-15,26H,11H2,1-5H3/t13-,14+,15-/m0/s1. The molecule has 156 valence electrons. The first-order valence-electron chi connectivity index (χ1n) is 9.37. The highest BCUT2D eigenvalue weighted by Gasteiger charge is 2.26. The van der Waals surface area contributed by atoms with Crippen molar-refractivity contribution in [1.82, 2.24) is 4.98 Å². The molecular formula is C22H26FNO5. The predicted molar refractivity (Wildman–Crippen MR) is 106 cm³/mol. The van der Waals surface area contributed by atoms with E-state index in [1.54, 1.807) is 26.8 Å². The Morgan fingerprint density at radius 1 is 1.21 bits per heavy atom. The van der Waals surface area contributed by atoms with Crippen molar-refractivity contribution in [3.05, 3.63) is 53.1 Å². The lowest BCUT2D eigenvalue weighted by Gasteiger charge is -2.24. The Morgan fingerprint density at radius 3 is 2.52 bits per heavy atom. The van der Waals surface area contributed by atoms with Crippen LogP contribution in [0.2, 0.25) is 0 Å². The molecule has 1 aromatic heterocycles. The van der Waals surface area contributed by atoms with Gasteiger partial charge in [0.2, 0.25) is 0 Å². The van der Waals surface area contributed by atoms with Crippen LogP contribution in [0.5, 0.6) is 11.5 Å². The minimum atomic E-state index is -0.723. The topological polar surface area (TPSA) is 85.7 Å². The highest BCUT2D eigenvalue weighted by Crippen LogP contribution is 2.30. The third-order valence-corrected chi connectivity index (χ3v) is 4.99. The zero-order valence-electron chi connectivity index (χ0n) is 17.2. The molecule has 0 aliphatic carbocycles. The van der Waals surface area contributed by atoms with Crippen LogP contribution in [-0.2, 0) is 9.53 Å². The average molecular weight is 403 g/mol. The summed E-state index contributed by atoms with van der Waals surface area (Å²) in [6.45, 7) is 7.04. The third-order valence-electron chi connectivity index (χ3n) is 4.99. The van der Waals surface area contributed by atoms with Crippen LogP contribution in [0.25, 0.3) is 0 Å². The molecule has 0 bridgehead atoms. The summed E-state index contributed by atoms with van der Waals surface area (Å²) < 4.78 is 23.8. The Kier molecular flexibility index (Phi) is 7.31. The Hall–Kier alpha value is -2.96. The summed E-state index contributed by atoms with van der Waals surface area (Å²) in [6.07, 6.45) is 0.722. The van der Waals surface area contributed by atoms with Crippen molar-refractivity contribution in [2.24, 2.45) is 5.92 Å². The Morgan fingerprint density at radius 2 is 1.90 bits per heavy atom. The van der Waals surface area contributed by atoms with Gasteiger partial charge in [-0.05, 0) is 37.1 Å². The van der Waals surface area contributed by atoms with Gasteiger partial charge in [0.25, 0.3) is 0 Å². The summed E-state index contributed by atoms with van der Waals surface area (Å²) in [7, 11) is 1.37. The largest absolute Gasteiger partial charge is 0.503 e. The number of benzene rings is 1. The van der Waals surface area contributed by atoms with Crippen LogP contribution in [0.3, 0.4) is 0 Å². The number of halogens is 1. The number of esters is 1. The first kappa shape index (κ1) is 22.3. The number of Topliss-reactive ketones (excluding diaryl/α,β-unsaturated/α-hetero) is 1. The molecule has 0 unspecified atom stereocenters. The minimum Gasteiger partial charge on any atom is -0.503 e. The maximum Gasteiger partial charge on any atom is 0.309 e. The molecule has 1 heterocycles. The van der Waals surface area contributed by atoms with E-state index in [0.717, 1.165) is 11.1 Å². The molecule has 2 rings (SSSR count). The number of nitrogens with zero attached hydrogens (tertiary/aromatic N) is 1. The molecular weight excluding hydrogens is 377 g/mol. The first-order chi connectivity index (χ1) is 13.6. The highest BCUT2D eigenvalue weighted by atomic mass is 19.1.